The lowest BCUT2D eigenvalue weighted by Crippen LogP contribution is -2.43. The molecule has 2 N–H and O–H groups in total. The number of amides is 2. The number of hydrazone groups is 1. The van der Waals surface area contributed by atoms with E-state index in [1.54, 1.807) is 23.1 Å². The van der Waals surface area contributed by atoms with Gasteiger partial charge in [0, 0.05) is 18.7 Å². The number of carbonyl (C=O) groups excluding carboxylic acids is 2. The first-order valence-corrected chi connectivity index (χ1v) is 11.2. The monoisotopic (exact) mass is 569 g/mol. The Balaban J connectivity index is 1.59. The fraction of sp³-hybridized carbons (Fsp3) is 0.286. The number of rotatable bonds is 7. The summed E-state index contributed by atoms with van der Waals surface area (Å²) in [5.74, 6) is 0.300. The molecule has 0 saturated carbocycles. The van der Waals surface area contributed by atoms with Crippen LogP contribution in [0.25, 0.3) is 0 Å². The topological polar surface area (TPSA) is 110 Å². The van der Waals surface area contributed by atoms with Gasteiger partial charge in [-0.05, 0) is 67.8 Å². The molecule has 1 fully saturated rings. The summed E-state index contributed by atoms with van der Waals surface area (Å²) in [7, 11) is 1.50. The quantitative estimate of drug-likeness (QED) is 0.391. The van der Waals surface area contributed by atoms with Crippen LogP contribution in [-0.2, 0) is 9.53 Å². The molecule has 170 valence electrons. The molecule has 0 aliphatic carbocycles. The summed E-state index contributed by atoms with van der Waals surface area (Å²) in [4.78, 5) is 26.2. The summed E-state index contributed by atoms with van der Waals surface area (Å²) in [6.07, 6.45) is 1.45. The van der Waals surface area contributed by atoms with Gasteiger partial charge >= 0.3 is 0 Å². The molecule has 0 spiro atoms. The Morgan fingerprint density at radius 2 is 1.88 bits per heavy atom. The summed E-state index contributed by atoms with van der Waals surface area (Å²) in [5, 5.41) is 13.7. The van der Waals surface area contributed by atoms with E-state index >= 15 is 0 Å². The minimum absolute atomic E-state index is 0.00565. The van der Waals surface area contributed by atoms with Gasteiger partial charge in [-0.2, -0.15) is 5.10 Å². The number of aromatic hydroxyl groups is 1. The number of carbonyl (C=O) groups is 2. The maximum Gasteiger partial charge on any atom is 0.271 e. The lowest BCUT2D eigenvalue weighted by Gasteiger charge is -2.26. The Labute approximate surface area is 201 Å². The molecule has 2 aromatic carbocycles. The lowest BCUT2D eigenvalue weighted by atomic mass is 10.2. The third kappa shape index (κ3) is 6.21. The van der Waals surface area contributed by atoms with Crippen LogP contribution >= 0.6 is 31.9 Å². The molecule has 1 aliphatic rings. The Morgan fingerprint density at radius 3 is 2.53 bits per heavy atom. The third-order valence-corrected chi connectivity index (χ3v) is 5.77. The molecule has 1 saturated heterocycles. The summed E-state index contributed by atoms with van der Waals surface area (Å²) >= 11 is 6.37. The average Bonchev–Trinajstić information content (AvgIpc) is 2.81. The number of halogens is 2. The second-order valence-electron chi connectivity index (χ2n) is 6.68. The van der Waals surface area contributed by atoms with Crippen molar-refractivity contribution in [2.24, 2.45) is 5.10 Å². The first kappa shape index (κ1) is 24.0. The zero-order chi connectivity index (χ0) is 23.1. The van der Waals surface area contributed by atoms with Gasteiger partial charge in [0.1, 0.15) is 5.75 Å². The summed E-state index contributed by atoms with van der Waals surface area (Å²) in [6, 6.07) is 8.04. The standard InChI is InChI=1S/C21H21Br2N3O6/c1-30-18-8-13(2-3-17(18)32-12-19(27)26-4-6-31-7-5-26)11-24-25-21(29)14-9-15(22)20(28)16(23)10-14/h2-3,8-11,28H,4-7,12H2,1H3,(H,25,29)/b24-11-. The molecule has 32 heavy (non-hydrogen) atoms. The van der Waals surface area contributed by atoms with Gasteiger partial charge in [-0.25, -0.2) is 5.43 Å². The van der Waals surface area contributed by atoms with Crippen LogP contribution in [0.4, 0.5) is 0 Å². The highest BCUT2D eigenvalue weighted by Crippen LogP contribution is 2.33. The molecule has 3 rings (SSSR count). The fourth-order valence-electron chi connectivity index (χ4n) is 2.85. The summed E-state index contributed by atoms with van der Waals surface area (Å²) < 4.78 is 17.0. The average molecular weight is 571 g/mol. The van der Waals surface area contributed by atoms with Crippen LogP contribution in [0, 0.1) is 0 Å². The van der Waals surface area contributed by atoms with E-state index < -0.39 is 5.91 Å². The Kier molecular flexibility index (Phi) is 8.48. The molecular formula is C21H21Br2N3O6. The van der Waals surface area contributed by atoms with E-state index in [9.17, 15) is 14.7 Å². The van der Waals surface area contributed by atoms with Crippen molar-refractivity contribution in [2.75, 3.05) is 40.0 Å². The van der Waals surface area contributed by atoms with Gasteiger partial charge in [-0.1, -0.05) is 0 Å². The second kappa shape index (κ2) is 11.3. The molecule has 1 aliphatic heterocycles. The van der Waals surface area contributed by atoms with Gasteiger partial charge < -0.3 is 24.2 Å². The van der Waals surface area contributed by atoms with Crippen LogP contribution in [0.5, 0.6) is 17.2 Å². The number of ether oxygens (including phenoxy) is 3. The predicted molar refractivity (Wildman–Crippen MR) is 124 cm³/mol. The molecule has 0 aromatic heterocycles. The predicted octanol–water partition coefficient (Wildman–Crippen LogP) is 2.93. The van der Waals surface area contributed by atoms with Gasteiger partial charge in [0.15, 0.2) is 18.1 Å². The van der Waals surface area contributed by atoms with Crippen molar-refractivity contribution in [1.29, 1.82) is 0 Å². The smallest absolute Gasteiger partial charge is 0.271 e. The van der Waals surface area contributed by atoms with Crippen molar-refractivity contribution in [3.8, 4) is 17.2 Å². The van der Waals surface area contributed by atoms with Crippen molar-refractivity contribution in [2.45, 2.75) is 0 Å². The van der Waals surface area contributed by atoms with Gasteiger partial charge in [-0.3, -0.25) is 9.59 Å². The highest BCUT2D eigenvalue weighted by atomic mass is 79.9. The molecule has 0 atom stereocenters. The van der Waals surface area contributed by atoms with Gasteiger partial charge in [0.25, 0.3) is 11.8 Å². The second-order valence-corrected chi connectivity index (χ2v) is 8.39. The lowest BCUT2D eigenvalue weighted by molar-refractivity contribution is -0.137. The maximum atomic E-state index is 12.3. The number of methoxy groups -OCH3 is 1. The van der Waals surface area contributed by atoms with E-state index in [1.165, 1.54) is 25.5 Å². The molecule has 0 bridgehead atoms. The number of phenolic OH excluding ortho intramolecular Hbond substituents is 1. The van der Waals surface area contributed by atoms with Crippen LogP contribution in [0.1, 0.15) is 15.9 Å². The van der Waals surface area contributed by atoms with E-state index in [0.717, 1.165) is 0 Å². The van der Waals surface area contributed by atoms with Crippen LogP contribution in [0.15, 0.2) is 44.4 Å². The number of phenols is 1. The normalized spacial score (nSPS) is 13.8. The molecule has 9 nitrogen and oxygen atoms in total. The zero-order valence-corrected chi connectivity index (χ0v) is 20.3. The molecular weight excluding hydrogens is 550 g/mol. The first-order chi connectivity index (χ1) is 15.4. The highest BCUT2D eigenvalue weighted by molar-refractivity contribution is 9.11. The summed E-state index contributed by atoms with van der Waals surface area (Å²) in [5.41, 5.74) is 3.39. The van der Waals surface area contributed by atoms with E-state index in [-0.39, 0.29) is 18.3 Å². The number of benzene rings is 2. The minimum atomic E-state index is -0.448. The number of hydrogen-bond acceptors (Lipinski definition) is 7. The van der Waals surface area contributed by atoms with Crippen molar-refractivity contribution < 1.29 is 28.9 Å². The van der Waals surface area contributed by atoms with Crippen LogP contribution < -0.4 is 14.9 Å². The van der Waals surface area contributed by atoms with E-state index in [0.29, 0.717) is 57.9 Å². The largest absolute Gasteiger partial charge is 0.506 e. The van der Waals surface area contributed by atoms with Crippen LogP contribution in [0.2, 0.25) is 0 Å². The molecule has 0 radical (unpaired) electrons. The summed E-state index contributed by atoms with van der Waals surface area (Å²) in [6.45, 7) is 2.07. The highest BCUT2D eigenvalue weighted by Gasteiger charge is 2.18. The molecule has 2 amide bonds. The molecule has 0 unspecified atom stereocenters. The van der Waals surface area contributed by atoms with Gasteiger partial charge in [-0.15, -0.1) is 0 Å². The van der Waals surface area contributed by atoms with Crippen molar-refractivity contribution in [3.05, 3.63) is 50.4 Å². The number of nitrogens with zero attached hydrogens (tertiary/aromatic N) is 2. The van der Waals surface area contributed by atoms with Crippen molar-refractivity contribution >= 4 is 49.9 Å². The van der Waals surface area contributed by atoms with E-state index in [2.05, 4.69) is 42.4 Å². The Morgan fingerprint density at radius 1 is 1.19 bits per heavy atom. The molecule has 2 aromatic rings. The van der Waals surface area contributed by atoms with Gasteiger partial charge in [0.2, 0.25) is 0 Å². The number of nitrogens with one attached hydrogen (secondary N) is 1. The van der Waals surface area contributed by atoms with Crippen molar-refractivity contribution in [3.63, 3.8) is 0 Å². The third-order valence-electron chi connectivity index (χ3n) is 4.56. The van der Waals surface area contributed by atoms with E-state index in [1.807, 2.05) is 0 Å². The van der Waals surface area contributed by atoms with Gasteiger partial charge in [0.05, 0.1) is 35.5 Å². The zero-order valence-electron chi connectivity index (χ0n) is 17.1. The maximum absolute atomic E-state index is 12.3. The van der Waals surface area contributed by atoms with E-state index in [4.69, 9.17) is 14.2 Å². The number of hydrogen-bond donors (Lipinski definition) is 2. The SMILES string of the molecule is COc1cc(/C=N\NC(=O)c2cc(Br)c(O)c(Br)c2)ccc1OCC(=O)N1CCOCC1. The van der Waals surface area contributed by atoms with Crippen LogP contribution in [-0.4, -0.2) is 68.1 Å². The molecule has 1 heterocycles. The fourth-order valence-corrected chi connectivity index (χ4v) is 4.04. The Hall–Kier alpha value is -2.63. The Bertz CT molecular complexity index is 1000. The van der Waals surface area contributed by atoms with Crippen LogP contribution in [0.3, 0.4) is 0 Å². The minimum Gasteiger partial charge on any atom is -0.506 e. The number of morpholine rings is 1. The molecule has 11 heteroatoms. The first-order valence-electron chi connectivity index (χ1n) is 9.57. The van der Waals surface area contributed by atoms with Crippen molar-refractivity contribution in [1.82, 2.24) is 10.3 Å².